The number of benzene rings is 1. The van der Waals surface area contributed by atoms with Crippen LogP contribution >= 0.6 is 11.6 Å². The third-order valence-corrected chi connectivity index (χ3v) is 4.20. The maximum atomic E-state index is 12.2. The van der Waals surface area contributed by atoms with Crippen molar-refractivity contribution in [2.24, 2.45) is 0 Å². The lowest BCUT2D eigenvalue weighted by atomic mass is 10.1. The van der Waals surface area contributed by atoms with Crippen molar-refractivity contribution in [2.75, 3.05) is 19.8 Å². The van der Waals surface area contributed by atoms with Gasteiger partial charge in [0, 0.05) is 29.8 Å². The van der Waals surface area contributed by atoms with Crippen LogP contribution in [0.2, 0.25) is 5.02 Å². The largest absolute Gasteiger partial charge is 0.377 e. The third kappa shape index (κ3) is 3.56. The molecule has 2 heterocycles. The van der Waals surface area contributed by atoms with E-state index in [1.54, 1.807) is 24.4 Å². The normalized spacial score (nSPS) is 17.5. The SMILES string of the molecule is N#Cc1cn(CCOCC2CCCO2)c2ccc(Cl)cc2c1=O. The summed E-state index contributed by atoms with van der Waals surface area (Å²) in [6.45, 7) is 2.44. The van der Waals surface area contributed by atoms with Gasteiger partial charge in [-0.3, -0.25) is 4.79 Å². The number of rotatable bonds is 5. The number of hydrogen-bond acceptors (Lipinski definition) is 4. The number of pyridine rings is 1. The van der Waals surface area contributed by atoms with Gasteiger partial charge in [0.25, 0.3) is 0 Å². The van der Waals surface area contributed by atoms with Crippen molar-refractivity contribution in [1.82, 2.24) is 4.57 Å². The molecule has 0 N–H and O–H groups in total. The van der Waals surface area contributed by atoms with E-state index in [-0.39, 0.29) is 17.1 Å². The third-order valence-electron chi connectivity index (χ3n) is 3.97. The van der Waals surface area contributed by atoms with Crippen molar-refractivity contribution in [3.8, 4) is 6.07 Å². The van der Waals surface area contributed by atoms with Gasteiger partial charge in [0.2, 0.25) is 5.43 Å². The average Bonchev–Trinajstić information content (AvgIpc) is 3.07. The zero-order valence-electron chi connectivity index (χ0n) is 12.6. The molecule has 5 nitrogen and oxygen atoms in total. The fraction of sp³-hybridized carbons (Fsp3) is 0.412. The summed E-state index contributed by atoms with van der Waals surface area (Å²) in [5.74, 6) is 0. The molecular weight excluding hydrogens is 316 g/mol. The van der Waals surface area contributed by atoms with Crippen LogP contribution in [0, 0.1) is 11.3 Å². The Kier molecular flexibility index (Phi) is 4.97. The first kappa shape index (κ1) is 16.0. The van der Waals surface area contributed by atoms with Crippen LogP contribution < -0.4 is 5.43 Å². The molecule has 0 aliphatic carbocycles. The Morgan fingerprint density at radius 2 is 2.35 bits per heavy atom. The molecule has 120 valence electrons. The molecular formula is C17H17ClN2O3. The maximum absolute atomic E-state index is 12.2. The van der Waals surface area contributed by atoms with Crippen molar-refractivity contribution >= 4 is 22.5 Å². The van der Waals surface area contributed by atoms with Gasteiger partial charge in [-0.05, 0) is 31.0 Å². The van der Waals surface area contributed by atoms with Crippen molar-refractivity contribution in [2.45, 2.75) is 25.5 Å². The Morgan fingerprint density at radius 1 is 1.48 bits per heavy atom. The van der Waals surface area contributed by atoms with Crippen molar-refractivity contribution in [1.29, 1.82) is 5.26 Å². The van der Waals surface area contributed by atoms with Crippen molar-refractivity contribution in [3.63, 3.8) is 0 Å². The summed E-state index contributed by atoms with van der Waals surface area (Å²) in [5.41, 5.74) is 0.569. The molecule has 3 rings (SSSR count). The molecule has 1 aromatic heterocycles. The molecule has 1 fully saturated rings. The molecule has 0 bridgehead atoms. The molecule has 1 unspecified atom stereocenters. The van der Waals surface area contributed by atoms with Crippen LogP contribution in [0.15, 0.2) is 29.2 Å². The second-order valence-electron chi connectivity index (χ2n) is 5.55. The first-order chi connectivity index (χ1) is 11.2. The van der Waals surface area contributed by atoms with Crippen LogP contribution in [0.5, 0.6) is 0 Å². The van der Waals surface area contributed by atoms with Gasteiger partial charge in [-0.2, -0.15) is 5.26 Å². The number of hydrogen-bond donors (Lipinski definition) is 0. The lowest BCUT2D eigenvalue weighted by molar-refractivity contribution is 0.0151. The summed E-state index contributed by atoms with van der Waals surface area (Å²) < 4.78 is 13.0. The van der Waals surface area contributed by atoms with Crippen LogP contribution in [-0.2, 0) is 16.0 Å². The second kappa shape index (κ2) is 7.14. The fourth-order valence-corrected chi connectivity index (χ4v) is 2.96. The van der Waals surface area contributed by atoms with Gasteiger partial charge in [-0.15, -0.1) is 0 Å². The van der Waals surface area contributed by atoms with Crippen LogP contribution in [0.3, 0.4) is 0 Å². The predicted octanol–water partition coefficient (Wildman–Crippen LogP) is 2.72. The topological polar surface area (TPSA) is 64.2 Å². The van der Waals surface area contributed by atoms with E-state index in [1.807, 2.05) is 10.6 Å². The minimum atomic E-state index is -0.290. The van der Waals surface area contributed by atoms with Crippen molar-refractivity contribution in [3.05, 3.63) is 45.2 Å². The molecule has 0 saturated carbocycles. The molecule has 1 atom stereocenters. The summed E-state index contributed by atoms with van der Waals surface area (Å²) >= 11 is 5.97. The summed E-state index contributed by atoms with van der Waals surface area (Å²) in [5, 5.41) is 10.1. The van der Waals surface area contributed by atoms with E-state index >= 15 is 0 Å². The van der Waals surface area contributed by atoms with Gasteiger partial charge < -0.3 is 14.0 Å². The molecule has 1 aromatic carbocycles. The number of ether oxygens (including phenoxy) is 2. The van der Waals surface area contributed by atoms with Crippen molar-refractivity contribution < 1.29 is 9.47 Å². The monoisotopic (exact) mass is 332 g/mol. The molecule has 1 saturated heterocycles. The summed E-state index contributed by atoms with van der Waals surface area (Å²) in [6.07, 6.45) is 3.89. The first-order valence-electron chi connectivity index (χ1n) is 7.61. The van der Waals surface area contributed by atoms with Crippen LogP contribution in [0.1, 0.15) is 18.4 Å². The smallest absolute Gasteiger partial charge is 0.207 e. The van der Waals surface area contributed by atoms with E-state index in [9.17, 15) is 4.79 Å². The number of fused-ring (bicyclic) bond motifs is 1. The highest BCUT2D eigenvalue weighted by Gasteiger charge is 2.15. The highest BCUT2D eigenvalue weighted by atomic mass is 35.5. The Morgan fingerprint density at radius 3 is 3.09 bits per heavy atom. The van der Waals surface area contributed by atoms with E-state index in [2.05, 4.69) is 0 Å². The molecule has 6 heteroatoms. The maximum Gasteiger partial charge on any atom is 0.207 e. The fourth-order valence-electron chi connectivity index (χ4n) is 2.79. The Balaban J connectivity index is 1.78. The highest BCUT2D eigenvalue weighted by Crippen LogP contribution is 2.18. The lowest BCUT2D eigenvalue weighted by Crippen LogP contribution is -2.18. The first-order valence-corrected chi connectivity index (χ1v) is 7.99. The zero-order chi connectivity index (χ0) is 16.2. The highest BCUT2D eigenvalue weighted by molar-refractivity contribution is 6.31. The molecule has 1 aliphatic heterocycles. The molecule has 23 heavy (non-hydrogen) atoms. The molecule has 2 aromatic rings. The van der Waals surface area contributed by atoms with Crippen LogP contribution in [0.4, 0.5) is 0 Å². The van der Waals surface area contributed by atoms with E-state index in [1.165, 1.54) is 0 Å². The minimum absolute atomic E-state index is 0.110. The van der Waals surface area contributed by atoms with E-state index in [0.29, 0.717) is 30.2 Å². The quantitative estimate of drug-likeness (QED) is 0.790. The summed E-state index contributed by atoms with van der Waals surface area (Å²) in [4.78, 5) is 12.2. The Hall–Kier alpha value is -1.87. The minimum Gasteiger partial charge on any atom is -0.377 e. The second-order valence-corrected chi connectivity index (χ2v) is 5.98. The van der Waals surface area contributed by atoms with E-state index in [4.69, 9.17) is 26.3 Å². The van der Waals surface area contributed by atoms with Crippen LogP contribution in [0.25, 0.3) is 10.9 Å². The number of nitriles is 1. The van der Waals surface area contributed by atoms with Gasteiger partial charge in [0.05, 0.1) is 24.8 Å². The molecule has 1 aliphatic rings. The van der Waals surface area contributed by atoms with Crippen LogP contribution in [-0.4, -0.2) is 30.5 Å². The molecule has 0 spiro atoms. The number of halogens is 1. The summed E-state index contributed by atoms with van der Waals surface area (Å²) in [6, 6.07) is 7.07. The zero-order valence-corrected chi connectivity index (χ0v) is 13.4. The summed E-state index contributed by atoms with van der Waals surface area (Å²) in [7, 11) is 0. The van der Waals surface area contributed by atoms with Gasteiger partial charge >= 0.3 is 0 Å². The van der Waals surface area contributed by atoms with Gasteiger partial charge in [-0.25, -0.2) is 0 Å². The molecule has 0 radical (unpaired) electrons. The number of aromatic nitrogens is 1. The average molecular weight is 333 g/mol. The predicted molar refractivity (Wildman–Crippen MR) is 87.7 cm³/mol. The Bertz CT molecular complexity index is 804. The molecule has 0 amide bonds. The van der Waals surface area contributed by atoms with Gasteiger partial charge in [0.1, 0.15) is 11.6 Å². The lowest BCUT2D eigenvalue weighted by Gasteiger charge is -2.14. The van der Waals surface area contributed by atoms with Gasteiger partial charge in [0.15, 0.2) is 0 Å². The van der Waals surface area contributed by atoms with Gasteiger partial charge in [-0.1, -0.05) is 11.6 Å². The van der Waals surface area contributed by atoms with E-state index < -0.39 is 0 Å². The Labute approximate surface area is 139 Å². The standard InChI is InChI=1S/C17H17ClN2O3/c18-13-3-4-16-15(8-13)17(21)12(9-19)10-20(16)5-7-22-11-14-2-1-6-23-14/h3-4,8,10,14H,1-2,5-7,11H2. The number of nitrogens with zero attached hydrogens (tertiary/aromatic N) is 2. The van der Waals surface area contributed by atoms with E-state index in [0.717, 1.165) is 25.0 Å².